The lowest BCUT2D eigenvalue weighted by atomic mass is 10.0. The van der Waals surface area contributed by atoms with Gasteiger partial charge in [-0.05, 0) is 48.2 Å². The van der Waals surface area contributed by atoms with E-state index in [-0.39, 0.29) is 18.9 Å². The van der Waals surface area contributed by atoms with Crippen molar-refractivity contribution in [3.63, 3.8) is 0 Å². The Labute approximate surface area is 224 Å². The number of carbonyl (C=O) groups is 2. The van der Waals surface area contributed by atoms with Gasteiger partial charge in [-0.25, -0.2) is 8.42 Å². The fraction of sp³-hybridized carbons (Fsp3) is 0.286. The minimum absolute atomic E-state index is 0.0355. The van der Waals surface area contributed by atoms with Crippen molar-refractivity contribution in [2.24, 2.45) is 0 Å². The van der Waals surface area contributed by atoms with Gasteiger partial charge in [-0.15, -0.1) is 0 Å². The van der Waals surface area contributed by atoms with E-state index in [0.717, 1.165) is 27.3 Å². The molecule has 7 nitrogen and oxygen atoms in total. The Morgan fingerprint density at radius 2 is 1.59 bits per heavy atom. The van der Waals surface area contributed by atoms with E-state index in [1.807, 2.05) is 50.2 Å². The highest BCUT2D eigenvalue weighted by molar-refractivity contribution is 7.92. The molecule has 0 unspecified atom stereocenters. The average molecular weight is 542 g/mol. The summed E-state index contributed by atoms with van der Waals surface area (Å²) in [4.78, 5) is 28.5. The lowest BCUT2D eigenvalue weighted by molar-refractivity contribution is -0.139. The number of hydrogen-bond acceptors (Lipinski definition) is 4. The Morgan fingerprint density at radius 1 is 0.946 bits per heavy atom. The van der Waals surface area contributed by atoms with Gasteiger partial charge in [0.1, 0.15) is 12.6 Å². The summed E-state index contributed by atoms with van der Waals surface area (Å²) in [6.07, 6.45) is 1.32. The number of benzene rings is 3. The van der Waals surface area contributed by atoms with Gasteiger partial charge in [0.05, 0.1) is 11.9 Å². The molecule has 0 saturated heterocycles. The van der Waals surface area contributed by atoms with E-state index in [1.54, 1.807) is 36.4 Å². The molecule has 0 aliphatic carbocycles. The van der Waals surface area contributed by atoms with Crippen molar-refractivity contribution >= 4 is 39.1 Å². The fourth-order valence-electron chi connectivity index (χ4n) is 4.13. The number of anilines is 1. The molecule has 0 aliphatic rings. The van der Waals surface area contributed by atoms with E-state index < -0.39 is 28.5 Å². The zero-order valence-corrected chi connectivity index (χ0v) is 23.0. The van der Waals surface area contributed by atoms with E-state index in [0.29, 0.717) is 16.3 Å². The first-order valence-corrected chi connectivity index (χ1v) is 14.1. The fourth-order valence-corrected chi connectivity index (χ4v) is 5.23. The second-order valence-corrected chi connectivity index (χ2v) is 11.2. The van der Waals surface area contributed by atoms with Gasteiger partial charge in [0.15, 0.2) is 0 Å². The highest BCUT2D eigenvalue weighted by Gasteiger charge is 2.33. The number of sulfonamides is 1. The molecule has 3 rings (SSSR count). The molecule has 0 saturated carbocycles. The molecule has 196 valence electrons. The molecule has 0 aliphatic heterocycles. The third-order valence-electron chi connectivity index (χ3n) is 6.34. The van der Waals surface area contributed by atoms with Crippen LogP contribution in [-0.2, 0) is 32.6 Å². The number of halogens is 1. The first-order chi connectivity index (χ1) is 17.5. The zero-order valence-electron chi connectivity index (χ0n) is 21.4. The van der Waals surface area contributed by atoms with Crippen LogP contribution in [-0.4, -0.2) is 51.0 Å². The van der Waals surface area contributed by atoms with Crippen LogP contribution in [0.2, 0.25) is 5.02 Å². The van der Waals surface area contributed by atoms with Crippen LogP contribution in [0, 0.1) is 13.8 Å². The second kappa shape index (κ2) is 12.3. The molecular formula is C28H32ClN3O4S. The maximum Gasteiger partial charge on any atom is 0.244 e. The van der Waals surface area contributed by atoms with Gasteiger partial charge in [-0.1, -0.05) is 72.3 Å². The summed E-state index contributed by atoms with van der Waals surface area (Å²) in [7, 11) is -2.31. The summed E-state index contributed by atoms with van der Waals surface area (Å²) >= 11 is 6.42. The number of nitrogens with zero attached hydrogens (tertiary/aromatic N) is 2. The number of aryl methyl sites for hydroxylation is 1. The number of rotatable bonds is 10. The highest BCUT2D eigenvalue weighted by Crippen LogP contribution is 2.26. The molecule has 3 aromatic rings. The second-order valence-electron chi connectivity index (χ2n) is 8.92. The van der Waals surface area contributed by atoms with Crippen molar-refractivity contribution in [2.75, 3.05) is 24.2 Å². The molecule has 0 aromatic heterocycles. The Bertz CT molecular complexity index is 1360. The summed E-state index contributed by atoms with van der Waals surface area (Å²) in [6.45, 7) is 3.27. The number of nitrogens with one attached hydrogen (secondary N) is 1. The molecule has 1 atom stereocenters. The number of hydrogen-bond donors (Lipinski definition) is 1. The molecule has 0 fully saturated rings. The third-order valence-corrected chi connectivity index (χ3v) is 7.84. The zero-order chi connectivity index (χ0) is 27.2. The summed E-state index contributed by atoms with van der Waals surface area (Å²) in [6, 6.07) is 20.9. The van der Waals surface area contributed by atoms with Crippen molar-refractivity contribution in [1.29, 1.82) is 0 Å². The van der Waals surface area contributed by atoms with Crippen molar-refractivity contribution in [2.45, 2.75) is 32.9 Å². The van der Waals surface area contributed by atoms with E-state index in [4.69, 9.17) is 11.6 Å². The molecule has 9 heteroatoms. The Balaban J connectivity index is 2.07. The van der Waals surface area contributed by atoms with Gasteiger partial charge < -0.3 is 10.2 Å². The summed E-state index contributed by atoms with van der Waals surface area (Å²) in [5, 5.41) is 3.10. The normalized spacial score (nSPS) is 12.0. The standard InChI is InChI=1S/C28H32ClN3O4S/c1-20-11-10-16-25(21(20)2)32(37(4,35)36)19-27(33)31(18-23-14-8-9-15-24(23)29)26(28(34)30-3)17-22-12-6-5-7-13-22/h5-16,26H,17-19H2,1-4H3,(H,30,34)/t26-/m1/s1. The van der Waals surface area contributed by atoms with Crippen LogP contribution >= 0.6 is 11.6 Å². The molecular weight excluding hydrogens is 510 g/mol. The van der Waals surface area contributed by atoms with E-state index >= 15 is 0 Å². The summed E-state index contributed by atoms with van der Waals surface area (Å²) in [5.74, 6) is -0.877. The van der Waals surface area contributed by atoms with Gasteiger partial charge in [0, 0.05) is 25.0 Å². The van der Waals surface area contributed by atoms with Crippen molar-refractivity contribution in [1.82, 2.24) is 10.2 Å². The SMILES string of the molecule is CNC(=O)[C@@H](Cc1ccccc1)N(Cc1ccccc1Cl)C(=O)CN(c1cccc(C)c1C)S(C)(=O)=O. The van der Waals surface area contributed by atoms with Crippen LogP contribution in [0.1, 0.15) is 22.3 Å². The third kappa shape index (κ3) is 7.11. The van der Waals surface area contributed by atoms with Crippen molar-refractivity contribution < 1.29 is 18.0 Å². The minimum atomic E-state index is -3.82. The minimum Gasteiger partial charge on any atom is -0.357 e. The number of likely N-dealkylation sites (N-methyl/N-ethyl adjacent to an activating group) is 1. The smallest absolute Gasteiger partial charge is 0.244 e. The lowest BCUT2D eigenvalue weighted by Crippen LogP contribution is -2.53. The molecule has 2 amide bonds. The predicted molar refractivity (Wildman–Crippen MR) is 148 cm³/mol. The molecule has 3 aromatic carbocycles. The van der Waals surface area contributed by atoms with Gasteiger partial charge in [-0.2, -0.15) is 0 Å². The molecule has 0 heterocycles. The van der Waals surface area contributed by atoms with Crippen LogP contribution in [0.4, 0.5) is 5.69 Å². The predicted octanol–water partition coefficient (Wildman–Crippen LogP) is 4.11. The number of amides is 2. The average Bonchev–Trinajstić information content (AvgIpc) is 2.87. The quantitative estimate of drug-likeness (QED) is 0.418. The van der Waals surface area contributed by atoms with Crippen LogP contribution in [0.25, 0.3) is 0 Å². The van der Waals surface area contributed by atoms with Gasteiger partial charge >= 0.3 is 0 Å². The van der Waals surface area contributed by atoms with Crippen LogP contribution in [0.5, 0.6) is 0 Å². The Kier molecular flexibility index (Phi) is 9.34. The van der Waals surface area contributed by atoms with E-state index in [1.165, 1.54) is 11.9 Å². The molecule has 37 heavy (non-hydrogen) atoms. The Hall–Kier alpha value is -3.36. The summed E-state index contributed by atoms with van der Waals surface area (Å²) in [5.41, 5.74) is 3.59. The largest absolute Gasteiger partial charge is 0.357 e. The van der Waals surface area contributed by atoms with Crippen LogP contribution < -0.4 is 9.62 Å². The van der Waals surface area contributed by atoms with E-state index in [9.17, 15) is 18.0 Å². The van der Waals surface area contributed by atoms with Gasteiger partial charge in [-0.3, -0.25) is 13.9 Å². The van der Waals surface area contributed by atoms with Crippen LogP contribution in [0.15, 0.2) is 72.8 Å². The molecule has 0 bridgehead atoms. The first-order valence-electron chi connectivity index (χ1n) is 11.8. The topological polar surface area (TPSA) is 86.8 Å². The van der Waals surface area contributed by atoms with Crippen molar-refractivity contribution in [3.05, 3.63) is 100 Å². The van der Waals surface area contributed by atoms with Gasteiger partial charge in [0.2, 0.25) is 21.8 Å². The first kappa shape index (κ1) is 28.2. The van der Waals surface area contributed by atoms with E-state index in [2.05, 4.69) is 5.32 Å². The van der Waals surface area contributed by atoms with Crippen LogP contribution in [0.3, 0.4) is 0 Å². The maximum absolute atomic E-state index is 13.9. The molecule has 0 radical (unpaired) electrons. The highest BCUT2D eigenvalue weighted by atomic mass is 35.5. The van der Waals surface area contributed by atoms with Crippen molar-refractivity contribution in [3.8, 4) is 0 Å². The number of carbonyl (C=O) groups excluding carboxylic acids is 2. The maximum atomic E-state index is 13.9. The summed E-state index contributed by atoms with van der Waals surface area (Å²) < 4.78 is 26.8. The molecule has 1 N–H and O–H groups in total. The lowest BCUT2D eigenvalue weighted by Gasteiger charge is -2.33. The Morgan fingerprint density at radius 3 is 2.22 bits per heavy atom. The monoisotopic (exact) mass is 541 g/mol. The molecule has 0 spiro atoms. The van der Waals surface area contributed by atoms with Gasteiger partial charge in [0.25, 0.3) is 0 Å².